The number of hydrogen-bond acceptors (Lipinski definition) is 11. The van der Waals surface area contributed by atoms with Crippen LogP contribution in [0.2, 0.25) is 0 Å². The molecule has 4 rings (SSSR count). The van der Waals surface area contributed by atoms with Crippen molar-refractivity contribution in [2.45, 2.75) is 19.9 Å². The maximum Gasteiger partial charge on any atom is 0.373 e. The van der Waals surface area contributed by atoms with E-state index in [1.807, 2.05) is 0 Å². The van der Waals surface area contributed by atoms with Crippen molar-refractivity contribution in [2.24, 2.45) is 0 Å². The molecular weight excluding hydrogens is 460 g/mol. The lowest BCUT2D eigenvalue weighted by molar-refractivity contribution is -0.385. The zero-order chi connectivity index (χ0) is 24.8. The summed E-state index contributed by atoms with van der Waals surface area (Å²) < 4.78 is 21.2. The predicted octanol–water partition coefficient (Wildman–Crippen LogP) is 3.84. The molecule has 0 saturated carbocycles. The number of rotatable bonds is 10. The Kier molecular flexibility index (Phi) is 7.00. The van der Waals surface area contributed by atoms with Gasteiger partial charge in [0, 0.05) is 24.1 Å². The summed E-state index contributed by atoms with van der Waals surface area (Å²) in [5.74, 6) is -0.161. The first-order chi connectivity index (χ1) is 16.9. The van der Waals surface area contributed by atoms with Crippen LogP contribution in [0.1, 0.15) is 19.1 Å². The maximum atomic E-state index is 12.1. The summed E-state index contributed by atoms with van der Waals surface area (Å²) in [6, 6.07) is 10.9. The van der Waals surface area contributed by atoms with Gasteiger partial charge in [0.15, 0.2) is 0 Å². The first-order valence-electron chi connectivity index (χ1n) is 10.6. The van der Waals surface area contributed by atoms with Crippen LogP contribution < -0.4 is 15.3 Å². The topological polar surface area (TPSA) is 151 Å². The summed E-state index contributed by atoms with van der Waals surface area (Å²) >= 11 is 0. The second-order valence-electron chi connectivity index (χ2n) is 7.22. The van der Waals surface area contributed by atoms with Gasteiger partial charge >= 0.3 is 23.2 Å². The molecule has 0 N–H and O–H groups in total. The average Bonchev–Trinajstić information content (AvgIpc) is 3.34. The average molecular weight is 480 g/mol. The van der Waals surface area contributed by atoms with E-state index in [-0.39, 0.29) is 49.1 Å². The monoisotopic (exact) mass is 480 g/mol. The Hall–Kier alpha value is -4.74. The predicted molar refractivity (Wildman–Crippen MR) is 122 cm³/mol. The summed E-state index contributed by atoms with van der Waals surface area (Å²) in [6.07, 6.45) is 2.56. The Morgan fingerprint density at radius 3 is 2.77 bits per heavy atom. The number of aromatic nitrogens is 2. The van der Waals surface area contributed by atoms with Gasteiger partial charge in [0.1, 0.15) is 23.4 Å². The van der Waals surface area contributed by atoms with Crippen LogP contribution in [0.25, 0.3) is 11.0 Å². The number of benzene rings is 1. The maximum absolute atomic E-state index is 12.1. The SMILES string of the molecule is CCOC(=O)CCN(Cc1ccco1)c1ncnc(Oc2ccc3ccc(=O)oc3c2)c1[N+](=O)[O-]. The van der Waals surface area contributed by atoms with Crippen molar-refractivity contribution in [1.29, 1.82) is 0 Å². The second-order valence-corrected chi connectivity index (χ2v) is 7.22. The van der Waals surface area contributed by atoms with Gasteiger partial charge in [-0.1, -0.05) is 0 Å². The molecule has 35 heavy (non-hydrogen) atoms. The van der Waals surface area contributed by atoms with Gasteiger partial charge in [0.25, 0.3) is 0 Å². The van der Waals surface area contributed by atoms with E-state index in [2.05, 4.69) is 9.97 Å². The standard InChI is InChI=1S/C23H20N4O8/c1-2-32-19(28)9-10-26(13-17-4-3-11-33-17)22-21(27(30)31)23(25-14-24-22)34-16-7-5-15-6-8-20(29)35-18(15)12-16/h3-8,11-12,14H,2,9-10,13H2,1H3. The van der Waals surface area contributed by atoms with Crippen LogP contribution in [-0.2, 0) is 16.1 Å². The number of esters is 1. The first kappa shape index (κ1) is 23.4. The number of hydrogen-bond donors (Lipinski definition) is 0. The van der Waals surface area contributed by atoms with Gasteiger partial charge in [-0.2, -0.15) is 4.98 Å². The lowest BCUT2D eigenvalue weighted by Gasteiger charge is -2.22. The number of fused-ring (bicyclic) bond motifs is 1. The van der Waals surface area contributed by atoms with Crippen molar-refractivity contribution >= 4 is 28.4 Å². The third-order valence-electron chi connectivity index (χ3n) is 4.88. The fourth-order valence-electron chi connectivity index (χ4n) is 3.35. The molecule has 3 heterocycles. The van der Waals surface area contributed by atoms with E-state index in [1.165, 1.54) is 23.3 Å². The summed E-state index contributed by atoms with van der Waals surface area (Å²) in [5.41, 5.74) is -0.793. The Balaban J connectivity index is 1.69. The van der Waals surface area contributed by atoms with Crippen LogP contribution in [0.5, 0.6) is 11.6 Å². The number of carbonyl (C=O) groups excluding carboxylic acids is 1. The number of ether oxygens (including phenoxy) is 2. The normalized spacial score (nSPS) is 10.8. The first-order valence-corrected chi connectivity index (χ1v) is 10.6. The van der Waals surface area contributed by atoms with E-state index >= 15 is 0 Å². The molecule has 0 aliphatic carbocycles. The molecular formula is C23H20N4O8. The van der Waals surface area contributed by atoms with Crippen molar-refractivity contribution < 1.29 is 28.0 Å². The molecule has 0 amide bonds. The molecule has 0 radical (unpaired) electrons. The number of nitrogens with zero attached hydrogens (tertiary/aromatic N) is 4. The molecule has 12 nitrogen and oxygen atoms in total. The molecule has 4 aromatic rings. The number of furan rings is 1. The lowest BCUT2D eigenvalue weighted by Crippen LogP contribution is -2.28. The fraction of sp³-hybridized carbons (Fsp3) is 0.217. The molecule has 0 atom stereocenters. The van der Waals surface area contributed by atoms with Gasteiger partial charge in [-0.25, -0.2) is 9.78 Å². The molecule has 0 aliphatic rings. The van der Waals surface area contributed by atoms with E-state index < -0.39 is 22.2 Å². The Bertz CT molecular complexity index is 1400. The minimum Gasteiger partial charge on any atom is -0.467 e. The van der Waals surface area contributed by atoms with Gasteiger partial charge < -0.3 is 23.2 Å². The van der Waals surface area contributed by atoms with Crippen LogP contribution in [0.15, 0.2) is 68.7 Å². The highest BCUT2D eigenvalue weighted by atomic mass is 16.6. The molecule has 0 aliphatic heterocycles. The Morgan fingerprint density at radius 1 is 1.20 bits per heavy atom. The van der Waals surface area contributed by atoms with Crippen LogP contribution in [0, 0.1) is 10.1 Å². The van der Waals surface area contributed by atoms with Crippen LogP contribution in [0.4, 0.5) is 11.5 Å². The van der Waals surface area contributed by atoms with Crippen molar-refractivity contribution in [1.82, 2.24) is 9.97 Å². The molecule has 12 heteroatoms. The molecule has 0 unspecified atom stereocenters. The van der Waals surface area contributed by atoms with Gasteiger partial charge in [0.2, 0.25) is 5.82 Å². The van der Waals surface area contributed by atoms with E-state index in [0.717, 1.165) is 6.33 Å². The van der Waals surface area contributed by atoms with E-state index in [1.54, 1.807) is 37.3 Å². The van der Waals surface area contributed by atoms with Crippen molar-refractivity contribution in [3.05, 3.63) is 81.3 Å². The molecule has 0 bridgehead atoms. The van der Waals surface area contributed by atoms with Crippen molar-refractivity contribution in [2.75, 3.05) is 18.1 Å². The second kappa shape index (κ2) is 10.5. The Labute approximate surface area is 197 Å². The highest BCUT2D eigenvalue weighted by molar-refractivity contribution is 5.78. The number of nitro groups is 1. The molecule has 180 valence electrons. The zero-order valence-corrected chi connectivity index (χ0v) is 18.6. The van der Waals surface area contributed by atoms with E-state index in [9.17, 15) is 19.7 Å². The summed E-state index contributed by atoms with van der Waals surface area (Å²) in [6.45, 7) is 2.08. The molecule has 0 fully saturated rings. The number of anilines is 1. The van der Waals surface area contributed by atoms with Crippen LogP contribution >= 0.6 is 0 Å². The minimum atomic E-state index is -0.661. The fourth-order valence-corrected chi connectivity index (χ4v) is 3.35. The molecule has 0 spiro atoms. The van der Waals surface area contributed by atoms with Gasteiger partial charge in [-0.3, -0.25) is 14.9 Å². The highest BCUT2D eigenvalue weighted by Gasteiger charge is 2.30. The van der Waals surface area contributed by atoms with E-state index in [4.69, 9.17) is 18.3 Å². The van der Waals surface area contributed by atoms with Gasteiger partial charge in [-0.15, -0.1) is 0 Å². The third-order valence-corrected chi connectivity index (χ3v) is 4.88. The molecule has 3 aromatic heterocycles. The molecule has 1 aromatic carbocycles. The van der Waals surface area contributed by atoms with E-state index in [0.29, 0.717) is 11.1 Å². The third kappa shape index (κ3) is 5.61. The van der Waals surface area contributed by atoms with Gasteiger partial charge in [-0.05, 0) is 37.3 Å². The van der Waals surface area contributed by atoms with Crippen molar-refractivity contribution in [3.8, 4) is 11.6 Å². The van der Waals surface area contributed by atoms with Crippen LogP contribution in [0.3, 0.4) is 0 Å². The smallest absolute Gasteiger partial charge is 0.373 e. The summed E-state index contributed by atoms with van der Waals surface area (Å²) in [7, 11) is 0. The Morgan fingerprint density at radius 2 is 2.03 bits per heavy atom. The zero-order valence-electron chi connectivity index (χ0n) is 18.6. The largest absolute Gasteiger partial charge is 0.467 e. The lowest BCUT2D eigenvalue weighted by atomic mass is 10.2. The quantitative estimate of drug-likeness (QED) is 0.141. The number of carbonyl (C=O) groups is 1. The summed E-state index contributed by atoms with van der Waals surface area (Å²) in [4.78, 5) is 44.5. The van der Waals surface area contributed by atoms with Gasteiger partial charge in [0.05, 0.1) is 30.8 Å². The molecule has 0 saturated heterocycles. The summed E-state index contributed by atoms with van der Waals surface area (Å²) in [5, 5.41) is 12.7. The highest BCUT2D eigenvalue weighted by Crippen LogP contribution is 2.37. The van der Waals surface area contributed by atoms with Crippen molar-refractivity contribution in [3.63, 3.8) is 0 Å². The van der Waals surface area contributed by atoms with Crippen LogP contribution in [-0.4, -0.2) is 34.0 Å². The minimum absolute atomic E-state index is 0.0321.